The Labute approximate surface area is 84.0 Å². The minimum atomic E-state index is -0.0389. The molecule has 0 atom stereocenters. The first-order valence-electron chi connectivity index (χ1n) is 3.60. The van der Waals surface area contributed by atoms with E-state index in [2.05, 4.69) is 5.32 Å². The van der Waals surface area contributed by atoms with Crippen molar-refractivity contribution in [2.45, 2.75) is 37.8 Å². The summed E-state index contributed by atoms with van der Waals surface area (Å²) in [4.78, 5) is 0. The van der Waals surface area contributed by atoms with E-state index in [0.717, 1.165) is 25.7 Å². The Morgan fingerprint density at radius 3 is 2.00 bits per heavy atom. The molecule has 1 rings (SSSR count). The van der Waals surface area contributed by atoms with Crippen LogP contribution in [0, 0.1) is 7.43 Å². The van der Waals surface area contributed by atoms with E-state index in [1.54, 1.807) is 0 Å². The summed E-state index contributed by atoms with van der Waals surface area (Å²) in [7, 11) is 1.86. The first kappa shape index (κ1) is 14.2. The minimum Gasteiger partial charge on any atom is -0.662 e. The molecule has 0 aromatic carbocycles. The topological polar surface area (TPSA) is 34.3 Å². The first-order valence-corrected chi connectivity index (χ1v) is 3.60. The normalized spacial score (nSPS) is 30.0. The van der Waals surface area contributed by atoms with Gasteiger partial charge in [0, 0.05) is 0 Å². The molecule has 66 valence electrons. The summed E-state index contributed by atoms with van der Waals surface area (Å²) in [5.74, 6) is 0. The monoisotopic (exact) mass is 327 g/mol. The van der Waals surface area contributed by atoms with E-state index in [1.165, 1.54) is 0 Å². The molecule has 1 N–H and O–H groups in total. The van der Waals surface area contributed by atoms with Crippen molar-refractivity contribution < 1.29 is 26.2 Å². The second kappa shape index (κ2) is 7.27. The second-order valence-electron chi connectivity index (χ2n) is 2.72. The van der Waals surface area contributed by atoms with Gasteiger partial charge in [0.1, 0.15) is 0 Å². The molecule has 0 heterocycles. The molecule has 0 spiro atoms. The van der Waals surface area contributed by atoms with Crippen LogP contribution >= 0.6 is 0 Å². The van der Waals surface area contributed by atoms with Crippen LogP contribution in [0.15, 0.2) is 0 Å². The molecule has 0 radical (unpaired) electrons. The van der Waals surface area contributed by atoms with E-state index < -0.39 is 0 Å². The van der Waals surface area contributed by atoms with Gasteiger partial charge in [-0.2, -0.15) is 7.05 Å². The summed E-state index contributed by atoms with van der Waals surface area (Å²) < 4.78 is 0. The zero-order chi connectivity index (χ0) is 6.69. The van der Waals surface area contributed by atoms with Crippen LogP contribution in [0.25, 0.3) is 5.32 Å². The molecule has 1 saturated carbocycles. The van der Waals surface area contributed by atoms with Gasteiger partial charge in [0.25, 0.3) is 0 Å². The summed E-state index contributed by atoms with van der Waals surface area (Å²) in [6.07, 6.45) is 4.02. The SMILES string of the molecule is C[N-]C1CCC(O)CC1.[CH3-].[W+2]. The van der Waals surface area contributed by atoms with Crippen molar-refractivity contribution in [2.75, 3.05) is 7.05 Å². The van der Waals surface area contributed by atoms with Crippen LogP contribution in [0.2, 0.25) is 0 Å². The quantitative estimate of drug-likeness (QED) is 0.732. The van der Waals surface area contributed by atoms with E-state index in [-0.39, 0.29) is 34.6 Å². The van der Waals surface area contributed by atoms with Crippen molar-refractivity contribution in [3.05, 3.63) is 12.7 Å². The van der Waals surface area contributed by atoms with Gasteiger partial charge in [-0.25, -0.2) is 0 Å². The van der Waals surface area contributed by atoms with E-state index in [4.69, 9.17) is 5.11 Å². The third kappa shape index (κ3) is 4.95. The molecular weight excluding hydrogens is 310 g/mol. The van der Waals surface area contributed by atoms with Gasteiger partial charge in [0.15, 0.2) is 0 Å². The van der Waals surface area contributed by atoms with Crippen molar-refractivity contribution in [1.29, 1.82) is 0 Å². The third-order valence-electron chi connectivity index (χ3n) is 2.03. The molecule has 0 unspecified atom stereocenters. The minimum absolute atomic E-state index is 0. The first-order chi connectivity index (χ1) is 4.33. The number of aliphatic hydroxyl groups excluding tert-OH is 1. The van der Waals surface area contributed by atoms with Gasteiger partial charge in [0.05, 0.1) is 6.10 Å². The Kier molecular flexibility index (Phi) is 9.35. The molecule has 1 aliphatic rings. The maximum atomic E-state index is 9.08. The average Bonchev–Trinajstić information content (AvgIpc) is 1.90. The fourth-order valence-corrected chi connectivity index (χ4v) is 1.32. The van der Waals surface area contributed by atoms with Crippen LogP contribution in [0.3, 0.4) is 0 Å². The van der Waals surface area contributed by atoms with Crippen molar-refractivity contribution in [1.82, 2.24) is 0 Å². The molecule has 0 saturated heterocycles. The number of hydrogen-bond donors (Lipinski definition) is 1. The Morgan fingerprint density at radius 2 is 1.64 bits per heavy atom. The Bertz CT molecular complexity index is 82.2. The molecule has 0 aliphatic heterocycles. The van der Waals surface area contributed by atoms with Crippen LogP contribution in [0.5, 0.6) is 0 Å². The third-order valence-corrected chi connectivity index (χ3v) is 2.03. The Hall–Kier alpha value is 0.608. The Morgan fingerprint density at radius 1 is 1.18 bits per heavy atom. The van der Waals surface area contributed by atoms with Crippen molar-refractivity contribution in [3.63, 3.8) is 0 Å². The van der Waals surface area contributed by atoms with Crippen molar-refractivity contribution in [2.24, 2.45) is 0 Å². The molecule has 1 fully saturated rings. The maximum Gasteiger partial charge on any atom is 2.00 e. The maximum absolute atomic E-state index is 9.08. The summed E-state index contributed by atoms with van der Waals surface area (Å²) in [6.45, 7) is 0. The van der Waals surface area contributed by atoms with Gasteiger partial charge in [-0.1, -0.05) is 12.8 Å². The second-order valence-corrected chi connectivity index (χ2v) is 2.72. The van der Waals surface area contributed by atoms with Crippen LogP contribution in [-0.2, 0) is 21.1 Å². The van der Waals surface area contributed by atoms with Gasteiger partial charge in [0.2, 0.25) is 0 Å². The predicted molar refractivity (Wildman–Crippen MR) is 44.0 cm³/mol. The predicted octanol–water partition coefficient (Wildman–Crippen LogP) is 1.74. The van der Waals surface area contributed by atoms with Gasteiger partial charge in [-0.15, -0.1) is 6.04 Å². The smallest absolute Gasteiger partial charge is 0.662 e. The summed E-state index contributed by atoms with van der Waals surface area (Å²) in [5.41, 5.74) is 0. The van der Waals surface area contributed by atoms with E-state index in [9.17, 15) is 0 Å². The van der Waals surface area contributed by atoms with Crippen LogP contribution in [-0.4, -0.2) is 24.3 Å². The van der Waals surface area contributed by atoms with Gasteiger partial charge in [-0.05, 0) is 12.8 Å². The molecule has 0 bridgehead atoms. The van der Waals surface area contributed by atoms with Crippen LogP contribution in [0.1, 0.15) is 25.7 Å². The van der Waals surface area contributed by atoms with Crippen molar-refractivity contribution in [3.8, 4) is 0 Å². The molecule has 11 heavy (non-hydrogen) atoms. The van der Waals surface area contributed by atoms with Gasteiger partial charge < -0.3 is 17.8 Å². The van der Waals surface area contributed by atoms with Gasteiger partial charge >= 0.3 is 21.1 Å². The number of aliphatic hydroxyl groups is 1. The standard InChI is InChI=1S/C7H14NO.CH3.W/c1-8-6-2-4-7(9)5-3-6;;/h6-7,9H,2-5H2,1H3;1H3;/q2*-1;+2. The average molecular weight is 327 g/mol. The molecule has 2 nitrogen and oxygen atoms in total. The molecular formula is C8H17NOW. The summed E-state index contributed by atoms with van der Waals surface area (Å²) in [5, 5.41) is 13.3. The van der Waals surface area contributed by atoms with Gasteiger partial charge in [-0.3, -0.25) is 0 Å². The summed E-state index contributed by atoms with van der Waals surface area (Å²) >= 11 is 0. The molecule has 3 heteroatoms. The van der Waals surface area contributed by atoms with E-state index in [1.807, 2.05) is 7.05 Å². The molecule has 0 amide bonds. The molecule has 1 aliphatic carbocycles. The van der Waals surface area contributed by atoms with E-state index >= 15 is 0 Å². The van der Waals surface area contributed by atoms with Crippen LogP contribution < -0.4 is 0 Å². The Balaban J connectivity index is 0. The number of hydrogen-bond acceptors (Lipinski definition) is 1. The van der Waals surface area contributed by atoms with E-state index in [0.29, 0.717) is 6.04 Å². The zero-order valence-corrected chi connectivity index (χ0v) is 10.2. The number of nitrogens with zero attached hydrogens (tertiary/aromatic N) is 1. The molecule has 0 aromatic heterocycles. The fourth-order valence-electron chi connectivity index (χ4n) is 1.32. The summed E-state index contributed by atoms with van der Waals surface area (Å²) in [6, 6.07) is 0.536. The fraction of sp³-hybridized carbons (Fsp3) is 0.875. The van der Waals surface area contributed by atoms with Crippen molar-refractivity contribution >= 4 is 0 Å². The largest absolute Gasteiger partial charge is 2.00 e. The number of rotatable bonds is 1. The van der Waals surface area contributed by atoms with Crippen LogP contribution in [0.4, 0.5) is 0 Å². The molecule has 0 aromatic rings. The zero-order valence-electron chi connectivity index (χ0n) is 7.29.